The first-order valence-corrected chi connectivity index (χ1v) is 8.76. The van der Waals surface area contributed by atoms with E-state index in [0.29, 0.717) is 11.3 Å². The van der Waals surface area contributed by atoms with Crippen LogP contribution < -0.4 is 9.84 Å². The van der Waals surface area contributed by atoms with Crippen LogP contribution in [-0.4, -0.2) is 37.4 Å². The summed E-state index contributed by atoms with van der Waals surface area (Å²) in [5.41, 5.74) is -1.15. The normalized spacial score (nSPS) is 25.5. The van der Waals surface area contributed by atoms with Crippen molar-refractivity contribution in [1.82, 2.24) is 0 Å². The SMILES string of the molecule is COC(=O)C1CC([O-])(C[S+](C)(C)=O)c2ccccc2O1. The fourth-order valence-electron chi connectivity index (χ4n) is 2.51. The number of ether oxygens (including phenoxy) is 2. The van der Waals surface area contributed by atoms with Gasteiger partial charge in [0.2, 0.25) is 0 Å². The summed E-state index contributed by atoms with van der Waals surface area (Å²) in [6.45, 7) is 0. The summed E-state index contributed by atoms with van der Waals surface area (Å²) in [5, 5.41) is 13.1. The van der Waals surface area contributed by atoms with Crippen molar-refractivity contribution in [3.05, 3.63) is 29.8 Å². The van der Waals surface area contributed by atoms with E-state index in [4.69, 9.17) is 4.74 Å². The van der Waals surface area contributed by atoms with E-state index in [1.165, 1.54) is 7.11 Å². The molecular formula is C14H18O5S. The number of methoxy groups -OCH3 is 1. The molecule has 0 amide bonds. The van der Waals surface area contributed by atoms with Gasteiger partial charge in [-0.15, -0.1) is 4.21 Å². The van der Waals surface area contributed by atoms with E-state index in [-0.39, 0.29) is 12.2 Å². The van der Waals surface area contributed by atoms with Crippen LogP contribution in [0.15, 0.2) is 24.3 Å². The first kappa shape index (κ1) is 15.0. The molecule has 0 aliphatic carbocycles. The molecule has 5 nitrogen and oxygen atoms in total. The van der Waals surface area contributed by atoms with Crippen molar-refractivity contribution in [2.24, 2.45) is 0 Å². The maximum Gasteiger partial charge on any atom is 0.347 e. The molecule has 2 rings (SSSR count). The third-order valence-corrected chi connectivity index (χ3v) is 4.37. The van der Waals surface area contributed by atoms with Crippen molar-refractivity contribution in [2.75, 3.05) is 25.4 Å². The Labute approximate surface area is 119 Å². The molecule has 1 aromatic rings. The quantitative estimate of drug-likeness (QED) is 0.593. The van der Waals surface area contributed by atoms with Crippen molar-refractivity contribution in [3.63, 3.8) is 0 Å². The molecule has 6 heteroatoms. The second kappa shape index (κ2) is 5.18. The second-order valence-corrected chi connectivity index (χ2v) is 8.57. The smallest absolute Gasteiger partial charge is 0.347 e. The van der Waals surface area contributed by atoms with Gasteiger partial charge in [-0.2, -0.15) is 0 Å². The Bertz CT molecular complexity index is 564. The highest BCUT2D eigenvalue weighted by Crippen LogP contribution is 2.39. The molecule has 1 aliphatic rings. The van der Waals surface area contributed by atoms with Crippen LogP contribution in [0.3, 0.4) is 0 Å². The van der Waals surface area contributed by atoms with Gasteiger partial charge in [0.05, 0.1) is 17.0 Å². The number of hydrogen-bond acceptors (Lipinski definition) is 5. The lowest BCUT2D eigenvalue weighted by atomic mass is 9.86. The van der Waals surface area contributed by atoms with Crippen molar-refractivity contribution in [2.45, 2.75) is 18.1 Å². The van der Waals surface area contributed by atoms with E-state index in [1.54, 1.807) is 36.8 Å². The summed E-state index contributed by atoms with van der Waals surface area (Å²) >= 11 is 0. The van der Waals surface area contributed by atoms with Gasteiger partial charge in [0.1, 0.15) is 24.0 Å². The molecule has 0 bridgehead atoms. The third-order valence-electron chi connectivity index (χ3n) is 3.21. The maximum absolute atomic E-state index is 13.1. The minimum Gasteiger partial charge on any atom is -0.842 e. The maximum atomic E-state index is 13.1. The van der Waals surface area contributed by atoms with Gasteiger partial charge >= 0.3 is 5.97 Å². The van der Waals surface area contributed by atoms with Gasteiger partial charge in [-0.25, -0.2) is 4.79 Å². The number of benzene rings is 1. The van der Waals surface area contributed by atoms with Crippen LogP contribution in [0.25, 0.3) is 0 Å². The molecule has 2 atom stereocenters. The fraction of sp³-hybridized carbons (Fsp3) is 0.500. The summed E-state index contributed by atoms with van der Waals surface area (Å²) < 4.78 is 22.2. The van der Waals surface area contributed by atoms with Crippen LogP contribution in [0.2, 0.25) is 0 Å². The Morgan fingerprint density at radius 3 is 2.75 bits per heavy atom. The number of carbonyl (C=O) groups is 1. The lowest BCUT2D eigenvalue weighted by Crippen LogP contribution is -2.54. The predicted octanol–water partition coefficient (Wildman–Crippen LogP) is 0.325. The third kappa shape index (κ3) is 3.02. The second-order valence-electron chi connectivity index (χ2n) is 5.41. The minimum atomic E-state index is -2.25. The highest BCUT2D eigenvalue weighted by Gasteiger charge is 2.40. The number of hydrogen-bond donors (Lipinski definition) is 0. The molecule has 1 aliphatic heterocycles. The average molecular weight is 298 g/mol. The number of carbonyl (C=O) groups excluding carboxylic acids is 1. The zero-order chi connectivity index (χ0) is 15.0. The van der Waals surface area contributed by atoms with Crippen molar-refractivity contribution in [1.29, 1.82) is 0 Å². The van der Waals surface area contributed by atoms with Crippen LogP contribution in [-0.2, 0) is 29.3 Å². The van der Waals surface area contributed by atoms with E-state index in [1.807, 2.05) is 0 Å². The predicted molar refractivity (Wildman–Crippen MR) is 73.9 cm³/mol. The number of rotatable bonds is 3. The highest BCUT2D eigenvalue weighted by atomic mass is 32.2. The largest absolute Gasteiger partial charge is 0.842 e. The van der Waals surface area contributed by atoms with Crippen molar-refractivity contribution < 1.29 is 23.6 Å². The molecule has 0 spiro atoms. The summed E-state index contributed by atoms with van der Waals surface area (Å²) in [4.78, 5) is 11.7. The molecular weight excluding hydrogens is 280 g/mol. The number of fused-ring (bicyclic) bond motifs is 1. The Hall–Kier alpha value is -1.40. The summed E-state index contributed by atoms with van der Waals surface area (Å²) in [7, 11) is -0.999. The molecule has 1 aromatic carbocycles. The average Bonchev–Trinajstić information content (AvgIpc) is 2.35. The Morgan fingerprint density at radius 1 is 1.50 bits per heavy atom. The zero-order valence-corrected chi connectivity index (χ0v) is 12.6. The number of para-hydroxylation sites is 1. The van der Waals surface area contributed by atoms with Crippen LogP contribution in [0.5, 0.6) is 5.75 Å². The van der Waals surface area contributed by atoms with Crippen molar-refractivity contribution >= 4 is 15.9 Å². The minimum absolute atomic E-state index is 0.0339. The molecule has 0 fully saturated rings. The lowest BCUT2D eigenvalue weighted by Gasteiger charge is -2.45. The summed E-state index contributed by atoms with van der Waals surface area (Å²) in [6.07, 6.45) is 2.08. The van der Waals surface area contributed by atoms with Gasteiger partial charge in [0, 0.05) is 0 Å². The molecule has 2 unspecified atom stereocenters. The van der Waals surface area contributed by atoms with Gasteiger partial charge in [0.15, 0.2) is 6.10 Å². The van der Waals surface area contributed by atoms with Gasteiger partial charge in [-0.1, -0.05) is 18.2 Å². The van der Waals surface area contributed by atoms with E-state index in [2.05, 4.69) is 4.74 Å². The van der Waals surface area contributed by atoms with Crippen LogP contribution in [0, 0.1) is 0 Å². The fourth-order valence-corrected chi connectivity index (χ4v) is 3.91. The summed E-state index contributed by atoms with van der Waals surface area (Å²) in [6, 6.07) is 6.78. The van der Waals surface area contributed by atoms with Gasteiger partial charge in [0.25, 0.3) is 0 Å². The molecule has 1 heterocycles. The monoisotopic (exact) mass is 298 g/mol. The van der Waals surface area contributed by atoms with Gasteiger partial charge in [-0.05, 0) is 23.7 Å². The first-order chi connectivity index (χ1) is 9.25. The molecule has 0 N–H and O–H groups in total. The van der Waals surface area contributed by atoms with Gasteiger partial charge in [-0.3, -0.25) is 0 Å². The highest BCUT2D eigenvalue weighted by molar-refractivity contribution is 8.01. The van der Waals surface area contributed by atoms with Crippen LogP contribution in [0.1, 0.15) is 12.0 Å². The number of esters is 1. The molecule has 0 saturated carbocycles. The molecule has 110 valence electrons. The lowest BCUT2D eigenvalue weighted by molar-refractivity contribution is -0.486. The molecule has 0 radical (unpaired) electrons. The van der Waals surface area contributed by atoms with E-state index >= 15 is 0 Å². The molecule has 20 heavy (non-hydrogen) atoms. The topological polar surface area (TPSA) is 75.7 Å². The summed E-state index contributed by atoms with van der Waals surface area (Å²) in [5.74, 6) is -0.250. The van der Waals surface area contributed by atoms with E-state index < -0.39 is 27.6 Å². The molecule has 0 saturated heterocycles. The van der Waals surface area contributed by atoms with E-state index in [9.17, 15) is 14.1 Å². The van der Waals surface area contributed by atoms with Crippen LogP contribution in [0.4, 0.5) is 0 Å². The Kier molecular flexibility index (Phi) is 3.88. The Morgan fingerprint density at radius 2 is 2.15 bits per heavy atom. The first-order valence-electron chi connectivity index (χ1n) is 6.21. The van der Waals surface area contributed by atoms with Gasteiger partial charge < -0.3 is 14.6 Å². The van der Waals surface area contributed by atoms with Crippen molar-refractivity contribution in [3.8, 4) is 5.75 Å². The zero-order valence-electron chi connectivity index (χ0n) is 11.8. The van der Waals surface area contributed by atoms with Crippen LogP contribution >= 0.6 is 0 Å². The standard InChI is InChI=1S/C14H18O5S/c1-18-13(15)12-8-14(16,9-20(2,3)17)10-6-4-5-7-11(10)19-12/h4-7,12H,8-9H2,1-3H3. The van der Waals surface area contributed by atoms with E-state index in [0.717, 1.165) is 0 Å². The Balaban J connectivity index is 2.44. The molecule has 0 aromatic heterocycles.